The van der Waals surface area contributed by atoms with E-state index in [2.05, 4.69) is 72.3 Å². The maximum atomic E-state index is 4.67. The van der Waals surface area contributed by atoms with Gasteiger partial charge in [0, 0.05) is 53.9 Å². The minimum Gasteiger partial charge on any atom is -0.256 e. The standard InChI is InChI=1S/C26H18N2S4/c1-15-23(19-11-17-7-3-5-9-21(17)27-13-19)31-25(29-15)26-30-16(2)24(32-26)20-12-18-8-4-6-10-22(18)28-14-20/h3-14H,1-2H3/b26-25-. The highest BCUT2D eigenvalue weighted by Gasteiger charge is 2.28. The van der Waals surface area contributed by atoms with Crippen molar-refractivity contribution in [3.05, 3.63) is 102 Å². The van der Waals surface area contributed by atoms with Crippen molar-refractivity contribution in [2.24, 2.45) is 0 Å². The van der Waals surface area contributed by atoms with Gasteiger partial charge in [-0.25, -0.2) is 0 Å². The van der Waals surface area contributed by atoms with Crippen molar-refractivity contribution < 1.29 is 0 Å². The molecule has 0 bridgehead atoms. The van der Waals surface area contributed by atoms with Crippen molar-refractivity contribution in [3.63, 3.8) is 0 Å². The van der Waals surface area contributed by atoms with Crippen molar-refractivity contribution in [3.8, 4) is 0 Å². The Morgan fingerprint density at radius 3 is 1.47 bits per heavy atom. The monoisotopic (exact) mass is 486 g/mol. The molecule has 0 aliphatic carbocycles. The summed E-state index contributed by atoms with van der Waals surface area (Å²) in [4.78, 5) is 14.7. The molecule has 156 valence electrons. The van der Waals surface area contributed by atoms with E-state index in [0.29, 0.717) is 0 Å². The molecule has 0 unspecified atom stereocenters. The summed E-state index contributed by atoms with van der Waals surface area (Å²) in [5.74, 6) is 0. The number of thioether (sulfide) groups is 4. The average Bonchev–Trinajstić information content (AvgIpc) is 3.41. The molecule has 6 heteroatoms. The van der Waals surface area contributed by atoms with Gasteiger partial charge in [0.15, 0.2) is 0 Å². The van der Waals surface area contributed by atoms with E-state index >= 15 is 0 Å². The molecule has 2 aliphatic rings. The van der Waals surface area contributed by atoms with Gasteiger partial charge in [-0.05, 0) is 38.1 Å². The molecular formula is C26H18N2S4. The molecule has 6 rings (SSSR count). The molecule has 4 aromatic rings. The summed E-state index contributed by atoms with van der Waals surface area (Å²) in [6.45, 7) is 4.43. The van der Waals surface area contributed by atoms with E-state index in [0.717, 1.165) is 11.0 Å². The second-order valence-corrected chi connectivity index (χ2v) is 12.6. The molecule has 0 fully saturated rings. The number of hydrogen-bond donors (Lipinski definition) is 0. The molecule has 2 nitrogen and oxygen atoms in total. The maximum Gasteiger partial charge on any atom is 0.0703 e. The summed E-state index contributed by atoms with van der Waals surface area (Å²) in [6.07, 6.45) is 4.01. The van der Waals surface area contributed by atoms with E-state index in [-0.39, 0.29) is 0 Å². The highest BCUT2D eigenvalue weighted by atomic mass is 32.2. The Morgan fingerprint density at radius 1 is 0.562 bits per heavy atom. The largest absolute Gasteiger partial charge is 0.256 e. The van der Waals surface area contributed by atoms with Crippen LogP contribution in [0.5, 0.6) is 0 Å². The zero-order chi connectivity index (χ0) is 21.7. The summed E-state index contributed by atoms with van der Waals surface area (Å²) in [5, 5.41) is 2.37. The molecule has 0 spiro atoms. The average molecular weight is 487 g/mol. The van der Waals surface area contributed by atoms with E-state index in [4.69, 9.17) is 0 Å². The van der Waals surface area contributed by atoms with Gasteiger partial charge >= 0.3 is 0 Å². The second-order valence-electron chi connectivity index (χ2n) is 7.59. The summed E-state index contributed by atoms with van der Waals surface area (Å²) in [7, 11) is 0. The molecule has 0 amide bonds. The molecule has 32 heavy (non-hydrogen) atoms. The summed E-state index contributed by atoms with van der Waals surface area (Å²) in [6, 6.07) is 21.1. The number of pyridine rings is 2. The predicted octanol–water partition coefficient (Wildman–Crippen LogP) is 8.95. The highest BCUT2D eigenvalue weighted by Crippen LogP contribution is 2.63. The zero-order valence-corrected chi connectivity index (χ0v) is 20.7. The van der Waals surface area contributed by atoms with E-state index in [9.17, 15) is 0 Å². The predicted molar refractivity (Wildman–Crippen MR) is 146 cm³/mol. The van der Waals surface area contributed by atoms with Crippen LogP contribution in [0, 0.1) is 0 Å². The Morgan fingerprint density at radius 2 is 1.00 bits per heavy atom. The van der Waals surface area contributed by atoms with E-state index < -0.39 is 0 Å². The van der Waals surface area contributed by atoms with Gasteiger partial charge in [-0.15, -0.1) is 0 Å². The third-order valence-corrected chi connectivity index (χ3v) is 11.2. The quantitative estimate of drug-likeness (QED) is 0.280. The smallest absolute Gasteiger partial charge is 0.0703 e. The molecule has 4 heterocycles. The zero-order valence-electron chi connectivity index (χ0n) is 17.5. The number of rotatable bonds is 2. The summed E-state index contributed by atoms with van der Waals surface area (Å²) in [5.41, 5.74) is 4.48. The number of allylic oxidation sites excluding steroid dienone is 2. The number of aromatic nitrogens is 2. The van der Waals surface area contributed by atoms with Crippen LogP contribution in [0.4, 0.5) is 0 Å². The van der Waals surface area contributed by atoms with Gasteiger partial charge < -0.3 is 0 Å². The van der Waals surface area contributed by atoms with Gasteiger partial charge in [0.2, 0.25) is 0 Å². The highest BCUT2D eigenvalue weighted by molar-refractivity contribution is 8.37. The second kappa shape index (κ2) is 8.34. The van der Waals surface area contributed by atoms with Crippen LogP contribution in [0.15, 0.2) is 91.3 Å². The molecule has 0 N–H and O–H groups in total. The Bertz CT molecular complexity index is 1390. The van der Waals surface area contributed by atoms with Crippen molar-refractivity contribution in [2.75, 3.05) is 0 Å². The Hall–Kier alpha value is -2.12. The van der Waals surface area contributed by atoms with Crippen LogP contribution in [-0.2, 0) is 0 Å². The first-order valence-electron chi connectivity index (χ1n) is 10.2. The van der Waals surface area contributed by atoms with Gasteiger partial charge in [-0.3, -0.25) is 9.97 Å². The van der Waals surface area contributed by atoms with Crippen molar-refractivity contribution in [2.45, 2.75) is 13.8 Å². The van der Waals surface area contributed by atoms with Crippen LogP contribution >= 0.6 is 47.0 Å². The fourth-order valence-corrected chi connectivity index (χ4v) is 9.33. The van der Waals surface area contributed by atoms with E-state index in [1.807, 2.05) is 71.6 Å². The van der Waals surface area contributed by atoms with Crippen molar-refractivity contribution in [1.29, 1.82) is 0 Å². The molecule has 0 radical (unpaired) electrons. The molecular weight excluding hydrogens is 469 g/mol. The van der Waals surface area contributed by atoms with Crippen LogP contribution in [0.1, 0.15) is 25.0 Å². The summed E-state index contributed by atoms with van der Waals surface area (Å²) < 4.78 is 2.73. The van der Waals surface area contributed by atoms with Crippen LogP contribution < -0.4 is 0 Å². The lowest BCUT2D eigenvalue weighted by Crippen LogP contribution is -1.84. The van der Waals surface area contributed by atoms with Gasteiger partial charge in [0.05, 0.1) is 19.5 Å². The molecule has 0 atom stereocenters. The fourth-order valence-electron chi connectivity index (χ4n) is 3.82. The van der Waals surface area contributed by atoms with Gasteiger partial charge in [0.1, 0.15) is 0 Å². The molecule has 0 saturated heterocycles. The maximum absolute atomic E-state index is 4.67. The number of fused-ring (bicyclic) bond motifs is 2. The first-order chi connectivity index (χ1) is 15.7. The molecule has 2 aliphatic heterocycles. The third-order valence-electron chi connectivity index (χ3n) is 5.39. The lowest BCUT2D eigenvalue weighted by atomic mass is 10.1. The van der Waals surface area contributed by atoms with E-state index in [1.54, 1.807) is 0 Å². The van der Waals surface area contributed by atoms with Crippen LogP contribution in [-0.4, -0.2) is 9.97 Å². The van der Waals surface area contributed by atoms with E-state index in [1.165, 1.54) is 50.0 Å². The van der Waals surface area contributed by atoms with Gasteiger partial charge in [0.25, 0.3) is 0 Å². The number of para-hydroxylation sites is 2. The fraction of sp³-hybridized carbons (Fsp3) is 0.0769. The first kappa shape index (κ1) is 20.5. The minimum atomic E-state index is 1.04. The molecule has 2 aromatic carbocycles. The van der Waals surface area contributed by atoms with Crippen molar-refractivity contribution in [1.82, 2.24) is 9.97 Å². The van der Waals surface area contributed by atoms with Crippen LogP contribution in [0.25, 0.3) is 31.6 Å². The van der Waals surface area contributed by atoms with Crippen LogP contribution in [0.2, 0.25) is 0 Å². The van der Waals surface area contributed by atoms with Crippen molar-refractivity contribution >= 4 is 78.7 Å². The van der Waals surface area contributed by atoms with Crippen LogP contribution in [0.3, 0.4) is 0 Å². The third kappa shape index (κ3) is 3.69. The van der Waals surface area contributed by atoms with Gasteiger partial charge in [-0.1, -0.05) is 83.4 Å². The number of benzene rings is 2. The Labute approximate surface area is 204 Å². The van der Waals surface area contributed by atoms with Gasteiger partial charge in [-0.2, -0.15) is 0 Å². The Kier molecular flexibility index (Phi) is 5.34. The minimum absolute atomic E-state index is 1.04. The number of nitrogens with zero attached hydrogens (tertiary/aromatic N) is 2. The first-order valence-corrected chi connectivity index (χ1v) is 13.5. The lowest BCUT2D eigenvalue weighted by molar-refractivity contribution is 1.39. The normalized spacial score (nSPS) is 19.1. The molecule has 0 saturated carbocycles. The molecule has 2 aromatic heterocycles. The SMILES string of the molecule is CC1=C(c2cnc3ccccc3c2)S/C(=C2/SC(C)=C(c3cnc4ccccc4c3)S2)S1. The number of hydrogen-bond acceptors (Lipinski definition) is 6. The topological polar surface area (TPSA) is 25.8 Å². The lowest BCUT2D eigenvalue weighted by Gasteiger charge is -2.06. The summed E-state index contributed by atoms with van der Waals surface area (Å²) >= 11 is 7.52. The Balaban J connectivity index is 1.28.